The van der Waals surface area contributed by atoms with Crippen LogP contribution in [0.1, 0.15) is 37.2 Å². The third-order valence-electron chi connectivity index (χ3n) is 3.09. The van der Waals surface area contributed by atoms with Crippen LogP contribution in [0.15, 0.2) is 0 Å². The Hall–Kier alpha value is -0.900. The standard InChI is InChI=1S/C10H18N4/c1-7(9-3-4-9)14-8(2)10(5-6-11)12-13-14/h7,9H,3-6,11H2,1-2H3. The van der Waals surface area contributed by atoms with Crippen LogP contribution in [-0.2, 0) is 6.42 Å². The lowest BCUT2D eigenvalue weighted by Gasteiger charge is -2.11. The van der Waals surface area contributed by atoms with Crippen molar-refractivity contribution in [1.82, 2.24) is 15.0 Å². The van der Waals surface area contributed by atoms with Crippen molar-refractivity contribution in [3.63, 3.8) is 0 Å². The molecule has 0 bridgehead atoms. The predicted octanol–water partition coefficient (Wildman–Crippen LogP) is 1.06. The Balaban J connectivity index is 2.16. The lowest BCUT2D eigenvalue weighted by Crippen LogP contribution is -2.11. The first kappa shape index (κ1) is 9.65. The maximum absolute atomic E-state index is 5.51. The molecule has 14 heavy (non-hydrogen) atoms. The molecule has 0 saturated heterocycles. The van der Waals surface area contributed by atoms with Gasteiger partial charge in [-0.15, -0.1) is 5.10 Å². The monoisotopic (exact) mass is 194 g/mol. The normalized spacial score (nSPS) is 18.5. The van der Waals surface area contributed by atoms with Gasteiger partial charge in [-0.2, -0.15) is 0 Å². The van der Waals surface area contributed by atoms with E-state index in [1.165, 1.54) is 18.5 Å². The second-order valence-electron chi connectivity index (χ2n) is 4.18. The van der Waals surface area contributed by atoms with E-state index < -0.39 is 0 Å². The zero-order valence-corrected chi connectivity index (χ0v) is 8.90. The third-order valence-corrected chi connectivity index (χ3v) is 3.09. The van der Waals surface area contributed by atoms with E-state index in [0.717, 1.165) is 18.0 Å². The fourth-order valence-corrected chi connectivity index (χ4v) is 1.91. The van der Waals surface area contributed by atoms with E-state index >= 15 is 0 Å². The second-order valence-corrected chi connectivity index (χ2v) is 4.18. The van der Waals surface area contributed by atoms with Crippen LogP contribution in [0.3, 0.4) is 0 Å². The minimum Gasteiger partial charge on any atom is -0.330 e. The number of nitrogens with zero attached hydrogens (tertiary/aromatic N) is 3. The van der Waals surface area contributed by atoms with Crippen LogP contribution in [0, 0.1) is 12.8 Å². The molecule has 1 saturated carbocycles. The Kier molecular flexibility index (Phi) is 2.54. The smallest absolute Gasteiger partial charge is 0.0868 e. The molecule has 1 aromatic heterocycles. The summed E-state index contributed by atoms with van der Waals surface area (Å²) in [5.41, 5.74) is 7.76. The summed E-state index contributed by atoms with van der Waals surface area (Å²) in [6.07, 6.45) is 3.52. The molecule has 1 unspecified atom stereocenters. The molecule has 0 spiro atoms. The summed E-state index contributed by atoms with van der Waals surface area (Å²) >= 11 is 0. The van der Waals surface area contributed by atoms with Crippen LogP contribution >= 0.6 is 0 Å². The van der Waals surface area contributed by atoms with Gasteiger partial charge in [-0.3, -0.25) is 0 Å². The lowest BCUT2D eigenvalue weighted by atomic mass is 10.2. The van der Waals surface area contributed by atoms with Crippen molar-refractivity contribution in [2.45, 2.75) is 39.2 Å². The molecule has 1 aliphatic rings. The van der Waals surface area contributed by atoms with Crippen molar-refractivity contribution in [1.29, 1.82) is 0 Å². The molecular weight excluding hydrogens is 176 g/mol. The van der Waals surface area contributed by atoms with Gasteiger partial charge in [-0.1, -0.05) is 5.21 Å². The van der Waals surface area contributed by atoms with Crippen molar-refractivity contribution >= 4 is 0 Å². The minimum absolute atomic E-state index is 0.508. The summed E-state index contributed by atoms with van der Waals surface area (Å²) in [5.74, 6) is 0.820. The Morgan fingerprint density at radius 1 is 1.57 bits per heavy atom. The summed E-state index contributed by atoms with van der Waals surface area (Å²) in [6, 6.07) is 0.508. The summed E-state index contributed by atoms with van der Waals surface area (Å²) in [5, 5.41) is 8.38. The van der Waals surface area contributed by atoms with Gasteiger partial charge in [0.05, 0.1) is 17.4 Å². The van der Waals surface area contributed by atoms with Crippen molar-refractivity contribution in [2.24, 2.45) is 11.7 Å². The van der Waals surface area contributed by atoms with Crippen molar-refractivity contribution in [3.8, 4) is 0 Å². The molecular formula is C10H18N4. The third kappa shape index (κ3) is 1.66. The summed E-state index contributed by atoms with van der Waals surface area (Å²) in [7, 11) is 0. The fourth-order valence-electron chi connectivity index (χ4n) is 1.91. The van der Waals surface area contributed by atoms with E-state index in [1.54, 1.807) is 0 Å². The van der Waals surface area contributed by atoms with Gasteiger partial charge in [0.2, 0.25) is 0 Å². The maximum Gasteiger partial charge on any atom is 0.0868 e. The highest BCUT2D eigenvalue weighted by atomic mass is 15.4. The van der Waals surface area contributed by atoms with Crippen LogP contribution in [0.2, 0.25) is 0 Å². The molecule has 1 fully saturated rings. The van der Waals surface area contributed by atoms with Gasteiger partial charge in [0.1, 0.15) is 0 Å². The predicted molar refractivity (Wildman–Crippen MR) is 55.0 cm³/mol. The van der Waals surface area contributed by atoms with Crippen molar-refractivity contribution in [3.05, 3.63) is 11.4 Å². The quantitative estimate of drug-likeness (QED) is 0.779. The van der Waals surface area contributed by atoms with Gasteiger partial charge in [0.25, 0.3) is 0 Å². The van der Waals surface area contributed by atoms with Crippen LogP contribution in [-0.4, -0.2) is 21.5 Å². The zero-order valence-electron chi connectivity index (χ0n) is 8.90. The molecule has 2 rings (SSSR count). The number of rotatable bonds is 4. The van der Waals surface area contributed by atoms with Crippen LogP contribution in [0.4, 0.5) is 0 Å². The van der Waals surface area contributed by atoms with Crippen LogP contribution in [0.5, 0.6) is 0 Å². The molecule has 1 aliphatic carbocycles. The highest BCUT2D eigenvalue weighted by Crippen LogP contribution is 2.39. The van der Waals surface area contributed by atoms with E-state index in [9.17, 15) is 0 Å². The van der Waals surface area contributed by atoms with Crippen LogP contribution < -0.4 is 5.73 Å². The summed E-state index contributed by atoms with van der Waals surface area (Å²) in [4.78, 5) is 0. The molecule has 0 amide bonds. The molecule has 4 nitrogen and oxygen atoms in total. The first-order valence-electron chi connectivity index (χ1n) is 5.34. The molecule has 4 heteroatoms. The summed E-state index contributed by atoms with van der Waals surface area (Å²) in [6.45, 7) is 4.97. The molecule has 78 valence electrons. The molecule has 2 N–H and O–H groups in total. The Bertz CT molecular complexity index is 314. The van der Waals surface area contributed by atoms with E-state index in [-0.39, 0.29) is 0 Å². The number of nitrogens with two attached hydrogens (primary N) is 1. The number of hydrogen-bond donors (Lipinski definition) is 1. The molecule has 0 aliphatic heterocycles. The lowest BCUT2D eigenvalue weighted by molar-refractivity contribution is 0.420. The average molecular weight is 194 g/mol. The van der Waals surface area contributed by atoms with E-state index in [1.807, 2.05) is 0 Å². The van der Waals surface area contributed by atoms with Gasteiger partial charge < -0.3 is 5.73 Å². The van der Waals surface area contributed by atoms with Gasteiger partial charge in [-0.25, -0.2) is 4.68 Å². The first-order valence-corrected chi connectivity index (χ1v) is 5.34. The second kappa shape index (κ2) is 3.69. The molecule has 1 heterocycles. The zero-order chi connectivity index (χ0) is 10.1. The van der Waals surface area contributed by atoms with Gasteiger partial charge in [0, 0.05) is 6.42 Å². The number of hydrogen-bond acceptors (Lipinski definition) is 3. The van der Waals surface area contributed by atoms with Crippen molar-refractivity contribution < 1.29 is 0 Å². The van der Waals surface area contributed by atoms with E-state index in [0.29, 0.717) is 12.6 Å². The Morgan fingerprint density at radius 3 is 2.86 bits per heavy atom. The van der Waals surface area contributed by atoms with Gasteiger partial charge >= 0.3 is 0 Å². The maximum atomic E-state index is 5.51. The molecule has 1 atom stereocenters. The molecule has 0 radical (unpaired) electrons. The molecule has 1 aromatic rings. The summed E-state index contributed by atoms with van der Waals surface area (Å²) < 4.78 is 2.06. The van der Waals surface area contributed by atoms with E-state index in [4.69, 9.17) is 5.73 Å². The highest BCUT2D eigenvalue weighted by molar-refractivity contribution is 5.09. The van der Waals surface area contributed by atoms with Crippen molar-refractivity contribution in [2.75, 3.05) is 6.54 Å². The SMILES string of the molecule is Cc1c(CCN)nnn1C(C)C1CC1. The van der Waals surface area contributed by atoms with E-state index in [2.05, 4.69) is 28.8 Å². The van der Waals surface area contributed by atoms with Crippen LogP contribution in [0.25, 0.3) is 0 Å². The Morgan fingerprint density at radius 2 is 2.29 bits per heavy atom. The highest BCUT2D eigenvalue weighted by Gasteiger charge is 2.30. The Labute approximate surface area is 84.5 Å². The number of aromatic nitrogens is 3. The molecule has 0 aromatic carbocycles. The average Bonchev–Trinajstić information content (AvgIpc) is 2.94. The minimum atomic E-state index is 0.508. The first-order chi connectivity index (χ1) is 6.74. The fraction of sp³-hybridized carbons (Fsp3) is 0.800. The van der Waals surface area contributed by atoms with Gasteiger partial charge in [0.15, 0.2) is 0 Å². The van der Waals surface area contributed by atoms with Gasteiger partial charge in [-0.05, 0) is 39.2 Å². The largest absolute Gasteiger partial charge is 0.330 e. The topological polar surface area (TPSA) is 56.7 Å².